The minimum Gasteiger partial charge on any atom is -0.437 e. The first-order valence-corrected chi connectivity index (χ1v) is 8.21. The predicted octanol–water partition coefficient (Wildman–Crippen LogP) is 1.42. The van der Waals surface area contributed by atoms with Gasteiger partial charge in [-0.1, -0.05) is 25.2 Å². The largest absolute Gasteiger partial charge is 0.437 e. The number of likely N-dealkylation sites (N-methyl/N-ethyl adjacent to an activating group) is 1. The molecule has 8 heteroatoms. The van der Waals surface area contributed by atoms with Crippen LogP contribution in [0.15, 0.2) is 0 Å². The van der Waals surface area contributed by atoms with Gasteiger partial charge in [-0.3, -0.25) is 19.3 Å². The van der Waals surface area contributed by atoms with E-state index >= 15 is 0 Å². The number of anilines is 1. The molecule has 2 heterocycles. The Balaban J connectivity index is 1.88. The molecule has 7 nitrogen and oxygen atoms in total. The third kappa shape index (κ3) is 2.88. The number of hydrogen-bond donors (Lipinski definition) is 0. The van der Waals surface area contributed by atoms with Crippen LogP contribution < -0.4 is 4.90 Å². The minimum absolute atomic E-state index is 0.0801. The number of ether oxygens (including phenoxy) is 1. The van der Waals surface area contributed by atoms with Crippen molar-refractivity contribution in [3.63, 3.8) is 0 Å². The molecule has 0 bridgehead atoms. The van der Waals surface area contributed by atoms with Crippen molar-refractivity contribution in [3.05, 3.63) is 10.6 Å². The number of carbonyl (C=O) groups excluding carboxylic acids is 3. The van der Waals surface area contributed by atoms with Gasteiger partial charge in [-0.25, -0.2) is 9.88 Å². The summed E-state index contributed by atoms with van der Waals surface area (Å²) in [5.41, 5.74) is 0.652. The van der Waals surface area contributed by atoms with Crippen LogP contribution in [0.2, 0.25) is 0 Å². The van der Waals surface area contributed by atoms with Crippen molar-refractivity contribution < 1.29 is 19.1 Å². The van der Waals surface area contributed by atoms with Gasteiger partial charge in [0, 0.05) is 13.3 Å². The second-order valence-corrected chi connectivity index (χ2v) is 7.82. The van der Waals surface area contributed by atoms with E-state index in [1.54, 1.807) is 11.9 Å². The minimum atomic E-state index is -0.930. The summed E-state index contributed by atoms with van der Waals surface area (Å²) in [6.45, 7) is 5.63. The summed E-state index contributed by atoms with van der Waals surface area (Å²) in [7, 11) is 1.70. The van der Waals surface area contributed by atoms with Crippen molar-refractivity contribution in [1.29, 1.82) is 0 Å². The van der Waals surface area contributed by atoms with E-state index in [9.17, 15) is 14.4 Å². The molecular weight excluding hydrogens is 318 g/mol. The van der Waals surface area contributed by atoms with Crippen molar-refractivity contribution in [2.45, 2.75) is 39.8 Å². The molecular formula is C15H19N3O4S. The fourth-order valence-corrected chi connectivity index (χ4v) is 3.98. The fraction of sp³-hybridized carbons (Fsp3) is 0.600. The molecule has 1 atom stereocenters. The number of fused-ring (bicyclic) bond motifs is 1. The van der Waals surface area contributed by atoms with Crippen LogP contribution in [-0.2, 0) is 20.7 Å². The van der Waals surface area contributed by atoms with Crippen LogP contribution in [0.4, 0.5) is 5.13 Å². The number of amides is 1. The summed E-state index contributed by atoms with van der Waals surface area (Å²) in [5, 5.41) is 0.493. The van der Waals surface area contributed by atoms with Crippen LogP contribution in [0.5, 0.6) is 0 Å². The molecule has 0 aromatic carbocycles. The molecule has 1 aromatic heterocycles. The van der Waals surface area contributed by atoms with E-state index in [0.29, 0.717) is 16.4 Å². The lowest BCUT2D eigenvalue weighted by Crippen LogP contribution is -2.35. The summed E-state index contributed by atoms with van der Waals surface area (Å²) in [4.78, 5) is 44.1. The second-order valence-electron chi connectivity index (χ2n) is 6.84. The van der Waals surface area contributed by atoms with Crippen molar-refractivity contribution in [1.82, 2.24) is 9.88 Å². The Kier molecular flexibility index (Phi) is 3.76. The second kappa shape index (κ2) is 5.38. The SMILES string of the molecule is CC(=O)OC1C(=O)N(c2nc3c(s2)C(=O)CC(C)(C)C3)CN1C. The molecule has 3 rings (SSSR count). The Hall–Kier alpha value is -1.80. The standard InChI is InChI=1S/C15H19N3O4S/c1-8(19)22-13-12(21)18(7-17(13)4)14-16-9-5-15(2,3)6-10(20)11(9)23-14/h13H,5-7H2,1-4H3. The molecule has 1 saturated heterocycles. The van der Waals surface area contributed by atoms with E-state index in [2.05, 4.69) is 4.98 Å². The summed E-state index contributed by atoms with van der Waals surface area (Å²) in [5.74, 6) is -0.760. The van der Waals surface area contributed by atoms with E-state index in [0.717, 1.165) is 12.1 Å². The van der Waals surface area contributed by atoms with Gasteiger partial charge in [0.05, 0.1) is 17.2 Å². The lowest BCUT2D eigenvalue weighted by Gasteiger charge is -2.26. The average molecular weight is 337 g/mol. The maximum Gasteiger partial charge on any atom is 0.304 e. The quantitative estimate of drug-likeness (QED) is 0.760. The lowest BCUT2D eigenvalue weighted by atomic mass is 9.78. The van der Waals surface area contributed by atoms with E-state index in [1.165, 1.54) is 23.2 Å². The van der Waals surface area contributed by atoms with Gasteiger partial charge in [0.2, 0.25) is 6.23 Å². The van der Waals surface area contributed by atoms with Crippen LogP contribution in [0, 0.1) is 5.41 Å². The van der Waals surface area contributed by atoms with Crippen LogP contribution >= 0.6 is 11.3 Å². The Morgan fingerprint density at radius 2 is 2.04 bits per heavy atom. The average Bonchev–Trinajstić information content (AvgIpc) is 2.93. The van der Waals surface area contributed by atoms with Crippen molar-refractivity contribution in [2.75, 3.05) is 18.6 Å². The number of thiazole rings is 1. The van der Waals surface area contributed by atoms with Crippen LogP contribution in [0.25, 0.3) is 0 Å². The molecule has 1 unspecified atom stereocenters. The Morgan fingerprint density at radius 1 is 1.35 bits per heavy atom. The van der Waals surface area contributed by atoms with Crippen LogP contribution in [0.1, 0.15) is 42.6 Å². The van der Waals surface area contributed by atoms with Gasteiger partial charge in [-0.15, -0.1) is 0 Å². The number of rotatable bonds is 2. The Labute approximate surface area is 138 Å². The number of Topliss-reactive ketones (excluding diaryl/α,β-unsaturated/α-hetero) is 1. The molecule has 1 fully saturated rings. The predicted molar refractivity (Wildman–Crippen MR) is 84.2 cm³/mol. The number of esters is 1. The monoisotopic (exact) mass is 337 g/mol. The summed E-state index contributed by atoms with van der Waals surface area (Å²) in [6.07, 6.45) is 0.280. The van der Waals surface area contributed by atoms with Crippen molar-refractivity contribution >= 4 is 34.1 Å². The Morgan fingerprint density at radius 3 is 2.70 bits per heavy atom. The first-order valence-electron chi connectivity index (χ1n) is 7.40. The van der Waals surface area contributed by atoms with Gasteiger partial charge >= 0.3 is 5.97 Å². The zero-order valence-electron chi connectivity index (χ0n) is 13.6. The number of carbonyl (C=O) groups is 3. The maximum atomic E-state index is 12.5. The van der Waals surface area contributed by atoms with Gasteiger partial charge < -0.3 is 4.74 Å². The van der Waals surface area contributed by atoms with Gasteiger partial charge in [0.1, 0.15) is 0 Å². The highest BCUT2D eigenvalue weighted by Crippen LogP contribution is 2.40. The third-order valence-corrected chi connectivity index (χ3v) is 5.14. The number of ketones is 1. The molecule has 23 heavy (non-hydrogen) atoms. The first kappa shape index (κ1) is 16.1. The molecule has 124 valence electrons. The first-order chi connectivity index (χ1) is 10.7. The van der Waals surface area contributed by atoms with Gasteiger partial charge in [-0.2, -0.15) is 0 Å². The smallest absolute Gasteiger partial charge is 0.304 e. The van der Waals surface area contributed by atoms with Gasteiger partial charge in [-0.05, 0) is 18.9 Å². The van der Waals surface area contributed by atoms with Crippen LogP contribution in [-0.4, -0.2) is 47.5 Å². The molecule has 1 aliphatic carbocycles. The topological polar surface area (TPSA) is 79.8 Å². The Bertz CT molecular complexity index is 697. The van der Waals surface area contributed by atoms with Crippen LogP contribution in [0.3, 0.4) is 0 Å². The van der Waals surface area contributed by atoms with Crippen molar-refractivity contribution in [2.24, 2.45) is 5.41 Å². The summed E-state index contributed by atoms with van der Waals surface area (Å²) >= 11 is 1.25. The molecule has 0 radical (unpaired) electrons. The molecule has 0 spiro atoms. The lowest BCUT2D eigenvalue weighted by molar-refractivity contribution is -0.158. The maximum absolute atomic E-state index is 12.5. The zero-order chi connectivity index (χ0) is 16.9. The summed E-state index contributed by atoms with van der Waals surface area (Å²) < 4.78 is 5.05. The van der Waals surface area contributed by atoms with Crippen molar-refractivity contribution in [3.8, 4) is 0 Å². The van der Waals surface area contributed by atoms with Gasteiger partial charge in [0.25, 0.3) is 5.91 Å². The number of aromatic nitrogens is 1. The van der Waals surface area contributed by atoms with E-state index in [-0.39, 0.29) is 23.8 Å². The molecule has 0 saturated carbocycles. The normalized spacial score (nSPS) is 24.0. The zero-order valence-corrected chi connectivity index (χ0v) is 14.4. The summed E-state index contributed by atoms with van der Waals surface area (Å²) in [6, 6.07) is 0. The van der Waals surface area contributed by atoms with Gasteiger partial charge in [0.15, 0.2) is 10.9 Å². The molecule has 1 aromatic rings. The molecule has 0 N–H and O–H groups in total. The highest BCUT2D eigenvalue weighted by molar-refractivity contribution is 7.17. The number of hydrogen-bond acceptors (Lipinski definition) is 7. The van der Waals surface area contributed by atoms with E-state index < -0.39 is 12.2 Å². The molecule has 2 aliphatic rings. The van der Waals surface area contributed by atoms with E-state index in [4.69, 9.17) is 4.74 Å². The highest BCUT2D eigenvalue weighted by Gasteiger charge is 2.42. The number of nitrogens with zero attached hydrogens (tertiary/aromatic N) is 3. The van der Waals surface area contributed by atoms with E-state index in [1.807, 2.05) is 13.8 Å². The fourth-order valence-electron chi connectivity index (χ4n) is 2.96. The third-order valence-electron chi connectivity index (χ3n) is 3.98. The highest BCUT2D eigenvalue weighted by atomic mass is 32.1. The molecule has 1 amide bonds. The molecule has 1 aliphatic heterocycles.